The molecule has 0 bridgehead atoms. The second kappa shape index (κ2) is 8.38. The van der Waals surface area contributed by atoms with Crippen molar-refractivity contribution in [3.05, 3.63) is 0 Å². The molecule has 0 aromatic rings. The molecule has 0 heterocycles. The summed E-state index contributed by atoms with van der Waals surface area (Å²) < 4.78 is 0. The molecular formula is C18H36N2. The zero-order chi connectivity index (χ0) is 14.4. The third-order valence-electron chi connectivity index (χ3n) is 5.75. The minimum atomic E-state index is 0.733. The first kappa shape index (κ1) is 16.3. The Balaban J connectivity index is 2.00. The Morgan fingerprint density at radius 1 is 0.900 bits per heavy atom. The number of hydrogen-bond acceptors (Lipinski definition) is 2. The molecule has 4 unspecified atom stereocenters. The summed E-state index contributed by atoms with van der Waals surface area (Å²) in [6.45, 7) is 5.95. The summed E-state index contributed by atoms with van der Waals surface area (Å²) >= 11 is 0. The van der Waals surface area contributed by atoms with Crippen LogP contribution in [0.5, 0.6) is 0 Å². The Kier molecular flexibility index (Phi) is 6.83. The summed E-state index contributed by atoms with van der Waals surface area (Å²) in [4.78, 5) is 2.78. The Morgan fingerprint density at radius 2 is 1.55 bits per heavy atom. The summed E-state index contributed by atoms with van der Waals surface area (Å²) in [5.41, 5.74) is 0. The van der Waals surface area contributed by atoms with Gasteiger partial charge in [-0.15, -0.1) is 0 Å². The van der Waals surface area contributed by atoms with Crippen LogP contribution in [-0.2, 0) is 0 Å². The highest BCUT2D eigenvalue weighted by molar-refractivity contribution is 4.90. The molecule has 2 heteroatoms. The normalized spacial score (nSPS) is 36.0. The van der Waals surface area contributed by atoms with Gasteiger partial charge in [-0.3, -0.25) is 4.90 Å². The van der Waals surface area contributed by atoms with E-state index in [0.717, 1.165) is 24.0 Å². The summed E-state index contributed by atoms with van der Waals surface area (Å²) in [5, 5.41) is 3.85. The quantitative estimate of drug-likeness (QED) is 0.759. The van der Waals surface area contributed by atoms with Crippen LogP contribution in [0.15, 0.2) is 0 Å². The smallest absolute Gasteiger partial charge is 0.0249 e. The molecule has 0 aromatic heterocycles. The molecule has 0 amide bonds. The average molecular weight is 280 g/mol. The van der Waals surface area contributed by atoms with Gasteiger partial charge in [0.25, 0.3) is 0 Å². The van der Waals surface area contributed by atoms with Crippen LogP contribution >= 0.6 is 0 Å². The van der Waals surface area contributed by atoms with Crippen molar-refractivity contribution in [3.8, 4) is 0 Å². The van der Waals surface area contributed by atoms with Gasteiger partial charge in [0.2, 0.25) is 0 Å². The van der Waals surface area contributed by atoms with Crippen LogP contribution in [0.4, 0.5) is 0 Å². The van der Waals surface area contributed by atoms with Gasteiger partial charge in [0, 0.05) is 18.1 Å². The predicted molar refractivity (Wildman–Crippen MR) is 88.1 cm³/mol. The van der Waals surface area contributed by atoms with Crippen molar-refractivity contribution in [2.45, 2.75) is 96.2 Å². The van der Waals surface area contributed by atoms with Crippen LogP contribution in [0.3, 0.4) is 0 Å². The Bertz CT molecular complexity index is 266. The van der Waals surface area contributed by atoms with E-state index in [1.807, 2.05) is 0 Å². The lowest BCUT2D eigenvalue weighted by Gasteiger charge is -2.43. The average Bonchev–Trinajstić information content (AvgIpc) is 2.70. The molecule has 2 rings (SSSR count). The van der Waals surface area contributed by atoms with Crippen molar-refractivity contribution in [2.75, 3.05) is 13.6 Å². The molecule has 118 valence electrons. The van der Waals surface area contributed by atoms with Gasteiger partial charge in [-0.25, -0.2) is 0 Å². The van der Waals surface area contributed by atoms with Gasteiger partial charge in [0.15, 0.2) is 0 Å². The first-order chi connectivity index (χ1) is 9.74. The summed E-state index contributed by atoms with van der Waals surface area (Å²) in [5.74, 6) is 0.892. The zero-order valence-electron chi connectivity index (χ0n) is 14.0. The van der Waals surface area contributed by atoms with Gasteiger partial charge < -0.3 is 5.32 Å². The topological polar surface area (TPSA) is 15.3 Å². The fraction of sp³-hybridized carbons (Fsp3) is 1.00. The van der Waals surface area contributed by atoms with Gasteiger partial charge in [-0.2, -0.15) is 0 Å². The molecule has 2 aliphatic carbocycles. The molecule has 0 spiro atoms. The molecule has 2 nitrogen and oxygen atoms in total. The molecule has 0 radical (unpaired) electrons. The monoisotopic (exact) mass is 280 g/mol. The second-order valence-corrected chi connectivity index (χ2v) is 7.26. The van der Waals surface area contributed by atoms with E-state index in [1.54, 1.807) is 0 Å². The van der Waals surface area contributed by atoms with Gasteiger partial charge in [0.05, 0.1) is 0 Å². The fourth-order valence-electron chi connectivity index (χ4n) is 4.49. The third kappa shape index (κ3) is 4.21. The van der Waals surface area contributed by atoms with Crippen molar-refractivity contribution in [1.29, 1.82) is 0 Å². The van der Waals surface area contributed by atoms with Gasteiger partial charge >= 0.3 is 0 Å². The van der Waals surface area contributed by atoms with Crippen LogP contribution in [0.25, 0.3) is 0 Å². The van der Waals surface area contributed by atoms with Crippen LogP contribution < -0.4 is 5.32 Å². The number of hydrogen-bond donors (Lipinski definition) is 1. The molecule has 0 saturated heterocycles. The van der Waals surface area contributed by atoms with Crippen molar-refractivity contribution >= 4 is 0 Å². The van der Waals surface area contributed by atoms with E-state index in [1.165, 1.54) is 70.8 Å². The Hall–Kier alpha value is -0.0800. The lowest BCUT2D eigenvalue weighted by molar-refractivity contribution is 0.0727. The maximum atomic E-state index is 3.85. The lowest BCUT2D eigenvalue weighted by atomic mass is 9.83. The largest absolute Gasteiger partial charge is 0.312 e. The van der Waals surface area contributed by atoms with Crippen molar-refractivity contribution in [1.82, 2.24) is 10.2 Å². The first-order valence-corrected chi connectivity index (χ1v) is 9.19. The van der Waals surface area contributed by atoms with Crippen LogP contribution in [0.2, 0.25) is 0 Å². The van der Waals surface area contributed by atoms with Gasteiger partial charge in [-0.1, -0.05) is 46.0 Å². The first-order valence-electron chi connectivity index (χ1n) is 9.19. The van der Waals surface area contributed by atoms with E-state index in [9.17, 15) is 0 Å². The van der Waals surface area contributed by atoms with E-state index >= 15 is 0 Å². The zero-order valence-corrected chi connectivity index (χ0v) is 14.0. The maximum absolute atomic E-state index is 3.85. The van der Waals surface area contributed by atoms with Gasteiger partial charge in [0.1, 0.15) is 0 Å². The highest BCUT2D eigenvalue weighted by atomic mass is 15.2. The van der Waals surface area contributed by atoms with Crippen molar-refractivity contribution < 1.29 is 0 Å². The SMILES string of the molecule is CCCNC1CCCCCC1N(C)C1CCCCC1C. The van der Waals surface area contributed by atoms with Crippen LogP contribution in [0.1, 0.15) is 78.1 Å². The van der Waals surface area contributed by atoms with E-state index in [0.29, 0.717) is 0 Å². The summed E-state index contributed by atoms with van der Waals surface area (Å²) in [6.07, 6.45) is 14.1. The van der Waals surface area contributed by atoms with E-state index in [4.69, 9.17) is 0 Å². The minimum absolute atomic E-state index is 0.733. The number of nitrogens with one attached hydrogen (secondary N) is 1. The van der Waals surface area contributed by atoms with E-state index in [2.05, 4.69) is 31.1 Å². The fourth-order valence-corrected chi connectivity index (χ4v) is 4.49. The highest BCUT2D eigenvalue weighted by Gasteiger charge is 2.33. The molecule has 1 N–H and O–H groups in total. The van der Waals surface area contributed by atoms with E-state index < -0.39 is 0 Å². The molecule has 0 aromatic carbocycles. The molecule has 20 heavy (non-hydrogen) atoms. The minimum Gasteiger partial charge on any atom is -0.312 e. The highest BCUT2D eigenvalue weighted by Crippen LogP contribution is 2.31. The maximum Gasteiger partial charge on any atom is 0.0249 e. The molecule has 4 atom stereocenters. The Morgan fingerprint density at radius 3 is 2.30 bits per heavy atom. The summed E-state index contributed by atoms with van der Waals surface area (Å²) in [7, 11) is 2.42. The predicted octanol–water partition coefficient (Wildman–Crippen LogP) is 4.20. The van der Waals surface area contributed by atoms with E-state index in [-0.39, 0.29) is 0 Å². The molecule has 2 aliphatic rings. The number of nitrogens with zero attached hydrogens (tertiary/aromatic N) is 1. The molecular weight excluding hydrogens is 244 g/mol. The third-order valence-corrected chi connectivity index (χ3v) is 5.75. The standard InChI is InChI=1S/C18H36N2/c1-4-14-19-16-11-6-5-7-13-18(16)20(3)17-12-9-8-10-15(17)2/h15-19H,4-14H2,1-3H3. The summed E-state index contributed by atoms with van der Waals surface area (Å²) in [6, 6.07) is 2.34. The van der Waals surface area contributed by atoms with Crippen LogP contribution in [0, 0.1) is 5.92 Å². The molecule has 0 aliphatic heterocycles. The van der Waals surface area contributed by atoms with Gasteiger partial charge in [-0.05, 0) is 51.6 Å². The Labute approximate surface area is 126 Å². The molecule has 2 saturated carbocycles. The number of rotatable bonds is 5. The number of likely N-dealkylation sites (N-methyl/N-ethyl adjacent to an activating group) is 1. The second-order valence-electron chi connectivity index (χ2n) is 7.26. The van der Waals surface area contributed by atoms with Crippen molar-refractivity contribution in [2.24, 2.45) is 5.92 Å². The lowest BCUT2D eigenvalue weighted by Crippen LogP contribution is -2.53. The molecule has 2 fully saturated rings. The van der Waals surface area contributed by atoms with Crippen LogP contribution in [-0.4, -0.2) is 36.6 Å². The van der Waals surface area contributed by atoms with Crippen molar-refractivity contribution in [3.63, 3.8) is 0 Å².